The summed E-state index contributed by atoms with van der Waals surface area (Å²) in [5, 5.41) is 1.70. The lowest BCUT2D eigenvalue weighted by molar-refractivity contribution is -0.167. The lowest BCUT2D eigenvalue weighted by Gasteiger charge is -2.25. The number of amides is 1. The highest BCUT2D eigenvalue weighted by molar-refractivity contribution is 6.01. The molecule has 0 heterocycles. The minimum Gasteiger partial charge on any atom is -0.321 e. The summed E-state index contributed by atoms with van der Waals surface area (Å²) in [5.41, 5.74) is 5.64. The molecular weight excluding hydrogens is 285 g/mol. The lowest BCUT2D eigenvalue weighted by Crippen LogP contribution is -2.42. The number of carbonyl (C=O) groups excluding carboxylic acids is 2. The number of ketones is 1. The van der Waals surface area contributed by atoms with Gasteiger partial charge in [-0.2, -0.15) is 13.2 Å². The van der Waals surface area contributed by atoms with E-state index in [1.165, 1.54) is 24.3 Å². The van der Waals surface area contributed by atoms with Crippen LogP contribution in [0.3, 0.4) is 0 Å². The largest absolute Gasteiger partial charge is 0.471 e. The average molecular weight is 302 g/mol. The van der Waals surface area contributed by atoms with Gasteiger partial charge in [-0.1, -0.05) is 20.8 Å². The van der Waals surface area contributed by atoms with Crippen molar-refractivity contribution in [3.8, 4) is 0 Å². The molecular formula is C14H17F3N2O2. The van der Waals surface area contributed by atoms with Gasteiger partial charge in [0.05, 0.1) is 6.04 Å². The van der Waals surface area contributed by atoms with Crippen LogP contribution in [0.15, 0.2) is 24.3 Å². The van der Waals surface area contributed by atoms with Crippen LogP contribution in [0.1, 0.15) is 31.1 Å². The van der Waals surface area contributed by atoms with Gasteiger partial charge in [-0.25, -0.2) is 0 Å². The summed E-state index contributed by atoms with van der Waals surface area (Å²) < 4.78 is 36.3. The Morgan fingerprint density at radius 1 is 1.10 bits per heavy atom. The van der Waals surface area contributed by atoms with Crippen LogP contribution in [-0.2, 0) is 4.79 Å². The molecule has 0 fully saturated rings. The molecule has 1 atom stereocenters. The zero-order chi connectivity index (χ0) is 16.4. The molecule has 0 aliphatic rings. The number of Topliss-reactive ketones (excluding diaryl/α,β-unsaturated/α-hetero) is 1. The van der Waals surface area contributed by atoms with Crippen LogP contribution in [0.25, 0.3) is 0 Å². The number of anilines is 1. The lowest BCUT2D eigenvalue weighted by atomic mass is 9.83. The molecule has 0 bridgehead atoms. The van der Waals surface area contributed by atoms with E-state index in [-0.39, 0.29) is 17.0 Å². The summed E-state index contributed by atoms with van der Waals surface area (Å²) in [7, 11) is 0. The van der Waals surface area contributed by atoms with E-state index in [9.17, 15) is 22.8 Å². The Morgan fingerprint density at radius 3 is 1.95 bits per heavy atom. The Morgan fingerprint density at radius 2 is 1.57 bits per heavy atom. The number of halogens is 3. The van der Waals surface area contributed by atoms with E-state index in [0.717, 1.165) is 0 Å². The molecule has 0 saturated heterocycles. The number of hydrogen-bond donors (Lipinski definition) is 2. The van der Waals surface area contributed by atoms with E-state index in [2.05, 4.69) is 0 Å². The predicted octanol–water partition coefficient (Wildman–Crippen LogP) is 2.74. The van der Waals surface area contributed by atoms with Gasteiger partial charge in [0.1, 0.15) is 0 Å². The van der Waals surface area contributed by atoms with Gasteiger partial charge in [0.15, 0.2) is 5.78 Å². The fourth-order valence-electron chi connectivity index (χ4n) is 1.49. The molecule has 1 aromatic rings. The number of rotatable bonds is 3. The van der Waals surface area contributed by atoms with Crippen LogP contribution < -0.4 is 11.1 Å². The van der Waals surface area contributed by atoms with Gasteiger partial charge < -0.3 is 11.1 Å². The van der Waals surface area contributed by atoms with Crippen molar-refractivity contribution in [3.63, 3.8) is 0 Å². The van der Waals surface area contributed by atoms with E-state index in [0.29, 0.717) is 0 Å². The summed E-state index contributed by atoms with van der Waals surface area (Å²) in [6, 6.07) is 4.39. The SMILES string of the molecule is CC(C)(C)[C@H](N)C(=O)c1ccc(NC(=O)C(F)(F)F)cc1. The van der Waals surface area contributed by atoms with Crippen molar-refractivity contribution in [1.82, 2.24) is 0 Å². The molecule has 0 radical (unpaired) electrons. The highest BCUT2D eigenvalue weighted by Gasteiger charge is 2.38. The van der Waals surface area contributed by atoms with Crippen LogP contribution in [-0.4, -0.2) is 23.9 Å². The molecule has 21 heavy (non-hydrogen) atoms. The minimum absolute atomic E-state index is 0.0433. The normalized spacial score (nSPS) is 13.7. The zero-order valence-electron chi connectivity index (χ0n) is 11.9. The monoisotopic (exact) mass is 302 g/mol. The van der Waals surface area contributed by atoms with Gasteiger partial charge in [0, 0.05) is 11.3 Å². The van der Waals surface area contributed by atoms with E-state index in [1.54, 1.807) is 5.32 Å². The molecule has 1 amide bonds. The maximum atomic E-state index is 12.1. The molecule has 0 unspecified atom stereocenters. The Hall–Kier alpha value is -1.89. The quantitative estimate of drug-likeness (QED) is 0.843. The second kappa shape index (κ2) is 5.85. The third kappa shape index (κ3) is 4.56. The van der Waals surface area contributed by atoms with Gasteiger partial charge in [-0.05, 0) is 29.7 Å². The molecule has 0 aliphatic heterocycles. The van der Waals surface area contributed by atoms with Crippen LogP contribution in [0.2, 0.25) is 0 Å². The fourth-order valence-corrected chi connectivity index (χ4v) is 1.49. The molecule has 7 heteroatoms. The van der Waals surface area contributed by atoms with E-state index in [1.807, 2.05) is 20.8 Å². The van der Waals surface area contributed by atoms with Crippen molar-refractivity contribution in [2.75, 3.05) is 5.32 Å². The Balaban J connectivity index is 2.84. The van der Waals surface area contributed by atoms with Gasteiger partial charge in [-0.3, -0.25) is 9.59 Å². The molecule has 116 valence electrons. The van der Waals surface area contributed by atoms with Gasteiger partial charge in [-0.15, -0.1) is 0 Å². The molecule has 3 N–H and O–H groups in total. The van der Waals surface area contributed by atoms with Crippen molar-refractivity contribution >= 4 is 17.4 Å². The second-order valence-electron chi connectivity index (χ2n) is 5.74. The molecule has 0 aliphatic carbocycles. The third-order valence-corrected chi connectivity index (χ3v) is 2.90. The number of benzene rings is 1. The van der Waals surface area contributed by atoms with Crippen LogP contribution >= 0.6 is 0 Å². The second-order valence-corrected chi connectivity index (χ2v) is 5.74. The van der Waals surface area contributed by atoms with Crippen molar-refractivity contribution in [2.24, 2.45) is 11.1 Å². The smallest absolute Gasteiger partial charge is 0.321 e. The molecule has 1 aromatic carbocycles. The standard InChI is InChI=1S/C14H17F3N2O2/c1-13(2,3)11(18)10(20)8-4-6-9(7-5-8)19-12(21)14(15,16)17/h4-7,11H,18H2,1-3H3,(H,19,21)/t11-/m1/s1. The van der Waals surface area contributed by atoms with Gasteiger partial charge >= 0.3 is 12.1 Å². The van der Waals surface area contributed by atoms with Gasteiger partial charge in [0.25, 0.3) is 0 Å². The minimum atomic E-state index is -4.96. The first-order valence-electron chi connectivity index (χ1n) is 6.21. The van der Waals surface area contributed by atoms with E-state index in [4.69, 9.17) is 5.73 Å². The van der Waals surface area contributed by atoms with Crippen molar-refractivity contribution in [2.45, 2.75) is 33.0 Å². The topological polar surface area (TPSA) is 72.2 Å². The summed E-state index contributed by atoms with van der Waals surface area (Å²) in [4.78, 5) is 22.9. The van der Waals surface area contributed by atoms with E-state index < -0.39 is 23.5 Å². The first-order valence-corrected chi connectivity index (χ1v) is 6.21. The average Bonchev–Trinajstić information content (AvgIpc) is 2.35. The molecule has 0 aromatic heterocycles. The van der Waals surface area contributed by atoms with Crippen molar-refractivity contribution in [3.05, 3.63) is 29.8 Å². The van der Waals surface area contributed by atoms with Gasteiger partial charge in [0.2, 0.25) is 0 Å². The molecule has 4 nitrogen and oxygen atoms in total. The molecule has 1 rings (SSSR count). The van der Waals surface area contributed by atoms with Crippen molar-refractivity contribution in [1.29, 1.82) is 0 Å². The summed E-state index contributed by atoms with van der Waals surface area (Å²) in [5.74, 6) is -2.37. The number of carbonyl (C=O) groups is 2. The maximum Gasteiger partial charge on any atom is 0.471 e. The van der Waals surface area contributed by atoms with E-state index >= 15 is 0 Å². The summed E-state index contributed by atoms with van der Waals surface area (Å²) >= 11 is 0. The van der Waals surface area contributed by atoms with Crippen LogP contribution in [0.5, 0.6) is 0 Å². The number of nitrogens with two attached hydrogens (primary N) is 1. The maximum absolute atomic E-state index is 12.1. The third-order valence-electron chi connectivity index (χ3n) is 2.90. The Kier molecular flexibility index (Phi) is 4.78. The van der Waals surface area contributed by atoms with Crippen LogP contribution in [0.4, 0.5) is 18.9 Å². The summed E-state index contributed by atoms with van der Waals surface area (Å²) in [6.45, 7) is 5.44. The molecule has 0 saturated carbocycles. The Labute approximate surface area is 120 Å². The summed E-state index contributed by atoms with van der Waals surface area (Å²) in [6.07, 6.45) is -4.96. The first kappa shape index (κ1) is 17.2. The van der Waals surface area contributed by atoms with Crippen LogP contribution in [0, 0.1) is 5.41 Å². The predicted molar refractivity (Wildman–Crippen MR) is 72.9 cm³/mol. The highest BCUT2D eigenvalue weighted by atomic mass is 19.4. The number of alkyl halides is 3. The number of nitrogens with one attached hydrogen (secondary N) is 1. The Bertz CT molecular complexity index is 531. The first-order chi connectivity index (χ1) is 9.43. The highest BCUT2D eigenvalue weighted by Crippen LogP contribution is 2.22. The fraction of sp³-hybridized carbons (Fsp3) is 0.429. The van der Waals surface area contributed by atoms with Crippen molar-refractivity contribution < 1.29 is 22.8 Å². The molecule has 0 spiro atoms. The zero-order valence-corrected chi connectivity index (χ0v) is 11.9. The number of hydrogen-bond acceptors (Lipinski definition) is 3.